The molecule has 2 aromatic carbocycles. The van der Waals surface area contributed by atoms with Crippen molar-refractivity contribution >= 4 is 28.8 Å². The van der Waals surface area contributed by atoms with Gasteiger partial charge in [-0.05, 0) is 36.4 Å². The zero-order chi connectivity index (χ0) is 11.5. The van der Waals surface area contributed by atoms with Gasteiger partial charge in [0.05, 0.1) is 5.69 Å². The van der Waals surface area contributed by atoms with Gasteiger partial charge in [-0.2, -0.15) is 0 Å². The summed E-state index contributed by atoms with van der Waals surface area (Å²) in [7, 11) is 0. The fraction of sp³-hybridized carbons (Fsp3) is 0.133. The summed E-state index contributed by atoms with van der Waals surface area (Å²) in [6.07, 6.45) is 3.70. The van der Waals surface area contributed by atoms with Crippen LogP contribution in [0.3, 0.4) is 0 Å². The van der Waals surface area contributed by atoms with Crippen molar-refractivity contribution in [3.8, 4) is 0 Å². The van der Waals surface area contributed by atoms with E-state index in [1.807, 2.05) is 19.2 Å². The molecular formula is C15H15N. The SMILES string of the molecule is C=Cc1ccc2c(N=CC)c(C)ccc2c1. The molecule has 0 saturated heterocycles. The Morgan fingerprint density at radius 3 is 2.69 bits per heavy atom. The highest BCUT2D eigenvalue weighted by Crippen LogP contribution is 2.30. The van der Waals surface area contributed by atoms with E-state index in [9.17, 15) is 0 Å². The summed E-state index contributed by atoms with van der Waals surface area (Å²) in [5, 5.41) is 2.41. The normalized spacial score (nSPS) is 11.1. The van der Waals surface area contributed by atoms with Crippen LogP contribution in [0.5, 0.6) is 0 Å². The maximum absolute atomic E-state index is 4.44. The van der Waals surface area contributed by atoms with E-state index in [2.05, 4.69) is 48.8 Å². The van der Waals surface area contributed by atoms with Gasteiger partial charge in [0.1, 0.15) is 0 Å². The van der Waals surface area contributed by atoms with Crippen LogP contribution in [0.4, 0.5) is 5.69 Å². The van der Waals surface area contributed by atoms with E-state index in [0.717, 1.165) is 11.3 Å². The minimum absolute atomic E-state index is 1.07. The van der Waals surface area contributed by atoms with Crippen LogP contribution in [0.2, 0.25) is 0 Å². The summed E-state index contributed by atoms with van der Waals surface area (Å²) in [5.41, 5.74) is 3.41. The number of fused-ring (bicyclic) bond motifs is 1. The Kier molecular flexibility index (Phi) is 2.86. The van der Waals surface area contributed by atoms with E-state index < -0.39 is 0 Å². The van der Waals surface area contributed by atoms with Gasteiger partial charge in [0.15, 0.2) is 0 Å². The van der Waals surface area contributed by atoms with Crippen LogP contribution in [-0.4, -0.2) is 6.21 Å². The fourth-order valence-corrected chi connectivity index (χ4v) is 1.87. The molecule has 0 atom stereocenters. The molecule has 0 fully saturated rings. The highest BCUT2D eigenvalue weighted by Gasteiger charge is 2.02. The molecule has 1 heteroatoms. The Hall–Kier alpha value is -1.89. The topological polar surface area (TPSA) is 12.4 Å². The minimum Gasteiger partial charge on any atom is -0.261 e. The molecule has 1 nitrogen and oxygen atoms in total. The van der Waals surface area contributed by atoms with E-state index in [1.165, 1.54) is 16.3 Å². The first kappa shape index (κ1) is 10.6. The summed E-state index contributed by atoms with van der Waals surface area (Å²) in [4.78, 5) is 4.44. The highest BCUT2D eigenvalue weighted by atomic mass is 14.7. The van der Waals surface area contributed by atoms with Crippen molar-refractivity contribution in [3.63, 3.8) is 0 Å². The molecule has 0 aliphatic rings. The summed E-state index contributed by atoms with van der Waals surface area (Å²) in [6.45, 7) is 7.81. The molecule has 80 valence electrons. The number of hydrogen-bond donors (Lipinski definition) is 0. The molecule has 16 heavy (non-hydrogen) atoms. The molecule has 2 aromatic rings. The van der Waals surface area contributed by atoms with Crippen LogP contribution in [0, 0.1) is 6.92 Å². The second kappa shape index (κ2) is 4.31. The number of benzene rings is 2. The molecule has 0 unspecified atom stereocenters. The molecule has 0 aliphatic carbocycles. The van der Waals surface area contributed by atoms with Crippen molar-refractivity contribution in [1.82, 2.24) is 0 Å². The van der Waals surface area contributed by atoms with Crippen molar-refractivity contribution in [2.24, 2.45) is 4.99 Å². The van der Waals surface area contributed by atoms with E-state index in [4.69, 9.17) is 0 Å². The van der Waals surface area contributed by atoms with Crippen LogP contribution in [0.1, 0.15) is 18.1 Å². The molecule has 0 spiro atoms. The molecule has 0 N–H and O–H groups in total. The van der Waals surface area contributed by atoms with Crippen LogP contribution in [0.15, 0.2) is 41.9 Å². The Morgan fingerprint density at radius 1 is 1.19 bits per heavy atom. The molecule has 0 aromatic heterocycles. The van der Waals surface area contributed by atoms with E-state index in [1.54, 1.807) is 0 Å². The van der Waals surface area contributed by atoms with Gasteiger partial charge in [-0.25, -0.2) is 0 Å². The zero-order valence-corrected chi connectivity index (χ0v) is 9.70. The predicted octanol–water partition coefficient (Wildman–Crippen LogP) is 4.51. The highest BCUT2D eigenvalue weighted by molar-refractivity contribution is 5.96. The van der Waals surface area contributed by atoms with Gasteiger partial charge in [-0.15, -0.1) is 0 Å². The number of aliphatic imine (C=N–C) groups is 1. The quantitative estimate of drug-likeness (QED) is 0.645. The minimum atomic E-state index is 1.07. The number of nitrogens with zero attached hydrogens (tertiary/aromatic N) is 1. The third-order valence-corrected chi connectivity index (χ3v) is 2.71. The molecule has 0 amide bonds. The average Bonchev–Trinajstić information content (AvgIpc) is 2.32. The lowest BCUT2D eigenvalue weighted by Gasteiger charge is -2.06. The number of aryl methyl sites for hydroxylation is 1. The van der Waals surface area contributed by atoms with Crippen molar-refractivity contribution in [2.75, 3.05) is 0 Å². The average molecular weight is 209 g/mol. The Morgan fingerprint density at radius 2 is 2.00 bits per heavy atom. The number of rotatable bonds is 2. The van der Waals surface area contributed by atoms with Gasteiger partial charge in [0, 0.05) is 11.6 Å². The van der Waals surface area contributed by atoms with Crippen molar-refractivity contribution in [2.45, 2.75) is 13.8 Å². The first-order chi connectivity index (χ1) is 7.76. The fourth-order valence-electron chi connectivity index (χ4n) is 1.87. The monoisotopic (exact) mass is 209 g/mol. The molecular weight excluding hydrogens is 194 g/mol. The third kappa shape index (κ3) is 1.76. The Labute approximate surface area is 96.1 Å². The molecule has 0 bridgehead atoms. The van der Waals surface area contributed by atoms with Gasteiger partial charge in [0.2, 0.25) is 0 Å². The predicted molar refractivity (Wildman–Crippen MR) is 72.6 cm³/mol. The summed E-state index contributed by atoms with van der Waals surface area (Å²) in [5.74, 6) is 0. The Bertz CT molecular complexity index is 565. The van der Waals surface area contributed by atoms with E-state index >= 15 is 0 Å². The van der Waals surface area contributed by atoms with Crippen LogP contribution >= 0.6 is 0 Å². The Balaban J connectivity index is 2.78. The lowest BCUT2D eigenvalue weighted by molar-refractivity contribution is 1.43. The molecule has 0 aliphatic heterocycles. The van der Waals surface area contributed by atoms with Crippen LogP contribution < -0.4 is 0 Å². The summed E-state index contributed by atoms with van der Waals surface area (Å²) in [6, 6.07) is 10.6. The van der Waals surface area contributed by atoms with E-state index in [-0.39, 0.29) is 0 Å². The van der Waals surface area contributed by atoms with Gasteiger partial charge >= 0.3 is 0 Å². The maximum Gasteiger partial charge on any atom is 0.0733 e. The lowest BCUT2D eigenvalue weighted by Crippen LogP contribution is -1.81. The summed E-state index contributed by atoms with van der Waals surface area (Å²) < 4.78 is 0. The van der Waals surface area contributed by atoms with Crippen LogP contribution in [-0.2, 0) is 0 Å². The molecule has 2 rings (SSSR count). The smallest absolute Gasteiger partial charge is 0.0733 e. The van der Waals surface area contributed by atoms with Crippen LogP contribution in [0.25, 0.3) is 16.8 Å². The largest absolute Gasteiger partial charge is 0.261 e. The molecule has 0 radical (unpaired) electrons. The van der Waals surface area contributed by atoms with Gasteiger partial charge < -0.3 is 0 Å². The van der Waals surface area contributed by atoms with Crippen molar-refractivity contribution in [3.05, 3.63) is 48.0 Å². The zero-order valence-electron chi connectivity index (χ0n) is 9.70. The molecule has 0 heterocycles. The standard InChI is InChI=1S/C15H15N/c1-4-12-7-9-14-13(10-12)8-6-11(3)15(14)16-5-2/h4-10H,1H2,2-3H3. The van der Waals surface area contributed by atoms with Crippen molar-refractivity contribution in [1.29, 1.82) is 0 Å². The second-order valence-electron chi connectivity index (χ2n) is 3.80. The first-order valence-electron chi connectivity index (χ1n) is 5.40. The molecule has 0 saturated carbocycles. The first-order valence-corrected chi connectivity index (χ1v) is 5.40. The third-order valence-electron chi connectivity index (χ3n) is 2.71. The van der Waals surface area contributed by atoms with E-state index in [0.29, 0.717) is 0 Å². The second-order valence-corrected chi connectivity index (χ2v) is 3.80. The number of hydrogen-bond acceptors (Lipinski definition) is 1. The van der Waals surface area contributed by atoms with Gasteiger partial charge in [-0.3, -0.25) is 4.99 Å². The van der Waals surface area contributed by atoms with Crippen molar-refractivity contribution < 1.29 is 0 Å². The lowest BCUT2D eigenvalue weighted by atomic mass is 10.0. The maximum atomic E-state index is 4.44. The van der Waals surface area contributed by atoms with Gasteiger partial charge in [-0.1, -0.05) is 36.9 Å². The van der Waals surface area contributed by atoms with Gasteiger partial charge in [0.25, 0.3) is 0 Å². The summed E-state index contributed by atoms with van der Waals surface area (Å²) >= 11 is 0.